The Morgan fingerprint density at radius 3 is 2.73 bits per heavy atom. The zero-order chi connectivity index (χ0) is 20.7. The van der Waals surface area contributed by atoms with Gasteiger partial charge in [-0.15, -0.1) is 11.3 Å². The maximum atomic E-state index is 6.21. The third-order valence-corrected chi connectivity index (χ3v) is 7.07. The molecule has 30 heavy (non-hydrogen) atoms. The summed E-state index contributed by atoms with van der Waals surface area (Å²) in [6.07, 6.45) is 1.00. The van der Waals surface area contributed by atoms with Crippen LogP contribution < -0.4 is 9.47 Å². The molecular weight excluding hydrogens is 416 g/mol. The molecule has 6 heteroatoms. The first-order valence-electron chi connectivity index (χ1n) is 9.97. The summed E-state index contributed by atoms with van der Waals surface area (Å²) >= 11 is 7.85. The van der Waals surface area contributed by atoms with E-state index in [4.69, 9.17) is 21.1 Å². The van der Waals surface area contributed by atoms with E-state index in [0.29, 0.717) is 0 Å². The van der Waals surface area contributed by atoms with Gasteiger partial charge in [0.05, 0.1) is 24.6 Å². The summed E-state index contributed by atoms with van der Waals surface area (Å²) in [6.45, 7) is 1.78. The van der Waals surface area contributed by atoms with Crippen LogP contribution >= 0.6 is 22.9 Å². The number of fused-ring (bicyclic) bond motifs is 3. The SMILES string of the molecule is COc1ccc(OC)c(C2c3[nH]c4ccccc4c3CCN2Cc2ccc(Cl)s2)c1. The van der Waals surface area contributed by atoms with Gasteiger partial charge in [-0.25, -0.2) is 0 Å². The Hall–Kier alpha value is -2.47. The minimum atomic E-state index is 0.0343. The standard InChI is InChI=1S/C24H23ClN2O2S/c1-28-15-7-9-21(29-2)19(13-15)24-23-18(17-5-3-4-6-20(17)26-23)11-12-27(24)14-16-8-10-22(25)30-16/h3-10,13,24,26H,11-12,14H2,1-2H3. The molecule has 1 aliphatic heterocycles. The summed E-state index contributed by atoms with van der Waals surface area (Å²) in [5.41, 5.74) is 4.90. The van der Waals surface area contributed by atoms with Crippen molar-refractivity contribution in [3.63, 3.8) is 0 Å². The molecule has 154 valence electrons. The number of ether oxygens (including phenoxy) is 2. The third-order valence-electron chi connectivity index (χ3n) is 5.85. The van der Waals surface area contributed by atoms with Crippen molar-refractivity contribution in [2.24, 2.45) is 0 Å². The molecular formula is C24H23ClN2O2S. The summed E-state index contributed by atoms with van der Waals surface area (Å²) in [4.78, 5) is 7.47. The van der Waals surface area contributed by atoms with Gasteiger partial charge in [-0.05, 0) is 48.4 Å². The zero-order valence-corrected chi connectivity index (χ0v) is 18.5. The highest BCUT2D eigenvalue weighted by molar-refractivity contribution is 7.16. The fraction of sp³-hybridized carbons (Fsp3) is 0.250. The smallest absolute Gasteiger partial charge is 0.124 e. The lowest BCUT2D eigenvalue weighted by molar-refractivity contribution is 0.200. The van der Waals surface area contributed by atoms with Crippen LogP contribution in [-0.4, -0.2) is 30.6 Å². The number of nitrogens with one attached hydrogen (secondary N) is 1. The molecule has 4 nitrogen and oxygen atoms in total. The van der Waals surface area contributed by atoms with Gasteiger partial charge in [-0.1, -0.05) is 29.8 Å². The number of halogens is 1. The Morgan fingerprint density at radius 2 is 1.97 bits per heavy atom. The van der Waals surface area contributed by atoms with Gasteiger partial charge in [0, 0.05) is 40.1 Å². The minimum absolute atomic E-state index is 0.0343. The molecule has 5 rings (SSSR count). The number of nitrogens with zero attached hydrogens (tertiary/aromatic N) is 1. The van der Waals surface area contributed by atoms with E-state index < -0.39 is 0 Å². The van der Waals surface area contributed by atoms with Crippen molar-refractivity contribution in [1.82, 2.24) is 9.88 Å². The van der Waals surface area contributed by atoms with E-state index in [9.17, 15) is 0 Å². The molecule has 1 N–H and O–H groups in total. The molecule has 1 aliphatic rings. The van der Waals surface area contributed by atoms with Crippen molar-refractivity contribution in [2.45, 2.75) is 19.0 Å². The van der Waals surface area contributed by atoms with E-state index >= 15 is 0 Å². The first-order valence-corrected chi connectivity index (χ1v) is 11.2. The van der Waals surface area contributed by atoms with E-state index in [1.165, 1.54) is 27.0 Å². The monoisotopic (exact) mass is 438 g/mol. The van der Waals surface area contributed by atoms with E-state index in [-0.39, 0.29) is 6.04 Å². The second-order valence-corrected chi connectivity index (χ2v) is 9.30. The van der Waals surface area contributed by atoms with Crippen LogP contribution in [0.3, 0.4) is 0 Å². The van der Waals surface area contributed by atoms with Gasteiger partial charge in [0.15, 0.2) is 0 Å². The second kappa shape index (κ2) is 7.99. The van der Waals surface area contributed by atoms with Crippen LogP contribution in [0.25, 0.3) is 10.9 Å². The van der Waals surface area contributed by atoms with E-state index in [1.54, 1.807) is 25.6 Å². The highest BCUT2D eigenvalue weighted by Gasteiger charge is 2.34. The molecule has 2 aromatic carbocycles. The molecule has 0 aliphatic carbocycles. The summed E-state index contributed by atoms with van der Waals surface area (Å²) in [5, 5.41) is 1.30. The number of hydrogen-bond acceptors (Lipinski definition) is 4. The van der Waals surface area contributed by atoms with Crippen LogP contribution in [0.15, 0.2) is 54.6 Å². The lowest BCUT2D eigenvalue weighted by atomic mass is 9.91. The van der Waals surface area contributed by atoms with Crippen molar-refractivity contribution in [1.29, 1.82) is 0 Å². The summed E-state index contributed by atoms with van der Waals surface area (Å²) in [6, 6.07) is 18.7. The Kier molecular flexibility index (Phi) is 5.19. The Balaban J connectivity index is 1.68. The number of para-hydroxylation sites is 1. The predicted molar refractivity (Wildman–Crippen MR) is 123 cm³/mol. The lowest BCUT2D eigenvalue weighted by Gasteiger charge is -2.36. The quantitative estimate of drug-likeness (QED) is 0.412. The van der Waals surface area contributed by atoms with Crippen LogP contribution in [0.2, 0.25) is 4.34 Å². The molecule has 1 unspecified atom stereocenters. The summed E-state index contributed by atoms with van der Waals surface area (Å²) < 4.78 is 12.1. The number of hydrogen-bond donors (Lipinski definition) is 1. The number of thiophene rings is 1. The van der Waals surface area contributed by atoms with Gasteiger partial charge in [0.1, 0.15) is 11.5 Å². The van der Waals surface area contributed by atoms with Crippen LogP contribution in [-0.2, 0) is 13.0 Å². The van der Waals surface area contributed by atoms with Gasteiger partial charge in [0.2, 0.25) is 0 Å². The molecule has 2 aromatic heterocycles. The van der Waals surface area contributed by atoms with Gasteiger partial charge >= 0.3 is 0 Å². The summed E-state index contributed by atoms with van der Waals surface area (Å²) in [5.74, 6) is 1.69. The molecule has 0 spiro atoms. The average molecular weight is 439 g/mol. The molecule has 0 bridgehead atoms. The molecule has 1 atom stereocenters. The van der Waals surface area contributed by atoms with Crippen molar-refractivity contribution in [2.75, 3.05) is 20.8 Å². The van der Waals surface area contributed by atoms with Crippen LogP contribution in [0.1, 0.15) is 27.7 Å². The van der Waals surface area contributed by atoms with Crippen LogP contribution in [0, 0.1) is 0 Å². The number of aromatic amines is 1. The van der Waals surface area contributed by atoms with Gasteiger partial charge in [-0.3, -0.25) is 4.90 Å². The predicted octanol–water partition coefficient (Wildman–Crippen LogP) is 6.05. The van der Waals surface area contributed by atoms with Crippen molar-refractivity contribution in [3.8, 4) is 11.5 Å². The first-order chi connectivity index (χ1) is 14.7. The highest BCUT2D eigenvalue weighted by atomic mass is 35.5. The fourth-order valence-electron chi connectivity index (χ4n) is 4.50. The van der Waals surface area contributed by atoms with Crippen LogP contribution in [0.4, 0.5) is 0 Å². The summed E-state index contributed by atoms with van der Waals surface area (Å²) in [7, 11) is 3.43. The number of H-pyrrole nitrogens is 1. The topological polar surface area (TPSA) is 37.5 Å². The van der Waals surface area contributed by atoms with Crippen molar-refractivity contribution < 1.29 is 9.47 Å². The Labute approximate surface area is 185 Å². The second-order valence-electron chi connectivity index (χ2n) is 7.50. The zero-order valence-electron chi connectivity index (χ0n) is 16.9. The number of benzene rings is 2. The van der Waals surface area contributed by atoms with Gasteiger partial charge in [-0.2, -0.15) is 0 Å². The lowest BCUT2D eigenvalue weighted by Crippen LogP contribution is -2.35. The van der Waals surface area contributed by atoms with Gasteiger partial charge < -0.3 is 14.5 Å². The number of aromatic nitrogens is 1. The normalized spacial score (nSPS) is 16.6. The first kappa shape index (κ1) is 19.5. The Morgan fingerprint density at radius 1 is 1.10 bits per heavy atom. The van der Waals surface area contributed by atoms with E-state index in [1.807, 2.05) is 18.2 Å². The molecule has 0 saturated heterocycles. The van der Waals surface area contributed by atoms with E-state index in [0.717, 1.165) is 40.9 Å². The van der Waals surface area contributed by atoms with Gasteiger partial charge in [0.25, 0.3) is 0 Å². The molecule has 4 aromatic rings. The molecule has 0 radical (unpaired) electrons. The number of rotatable bonds is 5. The average Bonchev–Trinajstić information content (AvgIpc) is 3.36. The largest absolute Gasteiger partial charge is 0.497 e. The highest BCUT2D eigenvalue weighted by Crippen LogP contribution is 2.43. The van der Waals surface area contributed by atoms with Crippen molar-refractivity contribution in [3.05, 3.63) is 80.6 Å². The number of methoxy groups -OCH3 is 2. The molecule has 0 fully saturated rings. The fourth-order valence-corrected chi connectivity index (χ4v) is 5.62. The molecule has 0 amide bonds. The van der Waals surface area contributed by atoms with Crippen LogP contribution in [0.5, 0.6) is 11.5 Å². The molecule has 0 saturated carbocycles. The van der Waals surface area contributed by atoms with Crippen molar-refractivity contribution >= 4 is 33.8 Å². The maximum absolute atomic E-state index is 6.21. The maximum Gasteiger partial charge on any atom is 0.124 e. The molecule has 3 heterocycles. The van der Waals surface area contributed by atoms with E-state index in [2.05, 4.69) is 46.3 Å². The minimum Gasteiger partial charge on any atom is -0.497 e. The Bertz CT molecular complexity index is 1200. The third kappa shape index (κ3) is 3.37.